The second-order valence-electron chi connectivity index (χ2n) is 4.22. The molecule has 90 valence electrons. The zero-order valence-corrected chi connectivity index (χ0v) is 10.5. The SMILES string of the molecule is Cn1ccc[n+]1B(n1cccn1)[n+]1cccn1C. The molecule has 0 N–H and O–H groups in total. The van der Waals surface area contributed by atoms with Gasteiger partial charge in [0.05, 0.1) is 26.5 Å². The number of aromatic nitrogens is 6. The zero-order valence-electron chi connectivity index (χ0n) is 10.5. The molecule has 3 heterocycles. The fourth-order valence-electron chi connectivity index (χ4n) is 2.13. The van der Waals surface area contributed by atoms with E-state index < -0.39 is 0 Å². The lowest BCUT2D eigenvalue weighted by atomic mass is 9.95. The van der Waals surface area contributed by atoms with Crippen LogP contribution < -0.4 is 9.19 Å². The lowest BCUT2D eigenvalue weighted by molar-refractivity contribution is -0.759. The van der Waals surface area contributed by atoms with Gasteiger partial charge in [0.25, 0.3) is 0 Å². The molecule has 3 aromatic heterocycles. The van der Waals surface area contributed by atoms with Gasteiger partial charge in [-0.15, -0.1) is 0 Å². The van der Waals surface area contributed by atoms with E-state index in [1.165, 1.54) is 0 Å². The summed E-state index contributed by atoms with van der Waals surface area (Å²) in [5, 5.41) is 4.36. The molecule has 0 fully saturated rings. The number of nitrogens with zero attached hydrogens (tertiary/aromatic N) is 6. The molecule has 0 aliphatic rings. The highest BCUT2D eigenvalue weighted by atomic mass is 15.5. The fourth-order valence-corrected chi connectivity index (χ4v) is 2.13. The Bertz CT molecular complexity index is 598. The van der Waals surface area contributed by atoms with Crippen LogP contribution in [0.1, 0.15) is 0 Å². The molecule has 0 atom stereocenters. The maximum atomic E-state index is 4.36. The Kier molecular flexibility index (Phi) is 2.51. The molecule has 6 nitrogen and oxygen atoms in total. The maximum absolute atomic E-state index is 4.36. The highest BCUT2D eigenvalue weighted by molar-refractivity contribution is 6.36. The molecular weight excluding hydrogens is 227 g/mol. The van der Waals surface area contributed by atoms with E-state index in [4.69, 9.17) is 0 Å². The normalized spacial score (nSPS) is 10.8. The lowest BCUT2D eigenvalue weighted by Crippen LogP contribution is -2.78. The Morgan fingerprint density at radius 2 is 1.50 bits per heavy atom. The van der Waals surface area contributed by atoms with Crippen LogP contribution in [0.2, 0.25) is 0 Å². The average molecular weight is 242 g/mol. The Labute approximate surface area is 105 Å². The van der Waals surface area contributed by atoms with Gasteiger partial charge in [0.15, 0.2) is 12.4 Å². The van der Waals surface area contributed by atoms with E-state index in [0.717, 1.165) is 0 Å². The molecule has 3 aromatic rings. The van der Waals surface area contributed by atoms with Gasteiger partial charge >= 0.3 is 7.12 Å². The minimum atomic E-state index is -0.0556. The molecule has 0 radical (unpaired) electrons. The fraction of sp³-hybridized carbons (Fsp3) is 0.182. The quantitative estimate of drug-likeness (QED) is 0.546. The van der Waals surface area contributed by atoms with Gasteiger partial charge in [0.1, 0.15) is 0 Å². The van der Waals surface area contributed by atoms with E-state index in [9.17, 15) is 0 Å². The number of hydrogen-bond acceptors (Lipinski definition) is 1. The first-order valence-electron chi connectivity index (χ1n) is 5.82. The first kappa shape index (κ1) is 10.8. The van der Waals surface area contributed by atoms with Gasteiger partial charge in [-0.2, -0.15) is 19.1 Å². The van der Waals surface area contributed by atoms with Gasteiger partial charge < -0.3 is 0 Å². The van der Waals surface area contributed by atoms with Crippen LogP contribution in [0.15, 0.2) is 55.4 Å². The highest BCUT2D eigenvalue weighted by Gasteiger charge is 2.55. The van der Waals surface area contributed by atoms with Gasteiger partial charge in [-0.25, -0.2) is 0 Å². The molecule has 18 heavy (non-hydrogen) atoms. The molecule has 0 saturated carbocycles. The molecule has 7 heteroatoms. The summed E-state index contributed by atoms with van der Waals surface area (Å²) in [6.45, 7) is 0. The number of rotatable bonds is 3. The van der Waals surface area contributed by atoms with Gasteiger partial charge in [-0.1, -0.05) is 9.19 Å². The molecule has 0 bridgehead atoms. The Balaban J connectivity index is 2.17. The third-order valence-electron chi connectivity index (χ3n) is 3.04. The van der Waals surface area contributed by atoms with Crippen molar-refractivity contribution in [2.24, 2.45) is 14.1 Å². The van der Waals surface area contributed by atoms with Crippen molar-refractivity contribution >= 4 is 7.12 Å². The molecule has 0 aromatic carbocycles. The second-order valence-corrected chi connectivity index (χ2v) is 4.22. The van der Waals surface area contributed by atoms with Crippen molar-refractivity contribution in [3.8, 4) is 0 Å². The molecule has 0 saturated heterocycles. The Hall–Kier alpha value is -2.31. The van der Waals surface area contributed by atoms with Gasteiger partial charge in [0, 0.05) is 24.5 Å². The molecular formula is C11H15BN6+2. The van der Waals surface area contributed by atoms with E-state index in [1.54, 1.807) is 6.20 Å². The Morgan fingerprint density at radius 1 is 0.889 bits per heavy atom. The summed E-state index contributed by atoms with van der Waals surface area (Å²) in [6.07, 6.45) is 11.9. The molecule has 3 rings (SSSR count). The van der Waals surface area contributed by atoms with Crippen LogP contribution in [0, 0.1) is 0 Å². The third kappa shape index (κ3) is 1.64. The van der Waals surface area contributed by atoms with Crippen molar-refractivity contribution in [2.45, 2.75) is 0 Å². The predicted octanol–water partition coefficient (Wildman–Crippen LogP) is -0.935. The van der Waals surface area contributed by atoms with Crippen molar-refractivity contribution in [3.05, 3.63) is 55.4 Å². The predicted molar refractivity (Wildman–Crippen MR) is 65.4 cm³/mol. The van der Waals surface area contributed by atoms with Crippen molar-refractivity contribution in [1.29, 1.82) is 0 Å². The molecule has 0 unspecified atom stereocenters. The number of hydrogen-bond donors (Lipinski definition) is 0. The summed E-state index contributed by atoms with van der Waals surface area (Å²) < 4.78 is 10.2. The highest BCUT2D eigenvalue weighted by Crippen LogP contribution is 1.87. The summed E-state index contributed by atoms with van der Waals surface area (Å²) in [5.74, 6) is 0. The third-order valence-corrected chi connectivity index (χ3v) is 3.04. The van der Waals surface area contributed by atoms with Crippen LogP contribution in [-0.2, 0) is 14.1 Å². The average Bonchev–Trinajstić information content (AvgIpc) is 3.05. The minimum Gasteiger partial charge on any atom is -0.182 e. The van der Waals surface area contributed by atoms with Crippen molar-refractivity contribution in [2.75, 3.05) is 0 Å². The zero-order chi connectivity index (χ0) is 12.5. The largest absolute Gasteiger partial charge is 1.05 e. The van der Waals surface area contributed by atoms with Crippen molar-refractivity contribution in [1.82, 2.24) is 19.1 Å². The van der Waals surface area contributed by atoms with Crippen molar-refractivity contribution in [3.63, 3.8) is 0 Å². The molecule has 0 aliphatic carbocycles. The summed E-state index contributed by atoms with van der Waals surface area (Å²) in [5.41, 5.74) is 0. The summed E-state index contributed by atoms with van der Waals surface area (Å²) in [4.78, 5) is 0. The van der Waals surface area contributed by atoms with Crippen LogP contribution in [0.25, 0.3) is 0 Å². The van der Waals surface area contributed by atoms with E-state index >= 15 is 0 Å². The van der Waals surface area contributed by atoms with E-state index in [2.05, 4.69) is 14.3 Å². The standard InChI is InChI=1S/C11H15BN6/c1-14-7-4-10-17(14)12(16-9-3-6-13-16)18-11-5-8-15(18)2/h3-11H,1-2H3/q+2. The summed E-state index contributed by atoms with van der Waals surface area (Å²) >= 11 is 0. The molecule has 0 amide bonds. The summed E-state index contributed by atoms with van der Waals surface area (Å²) in [6, 6.07) is 5.96. The smallest absolute Gasteiger partial charge is 0.182 e. The first-order valence-corrected chi connectivity index (χ1v) is 5.82. The van der Waals surface area contributed by atoms with Crippen molar-refractivity contribution < 1.29 is 9.19 Å². The number of aryl methyl sites for hydroxylation is 2. The van der Waals surface area contributed by atoms with E-state index in [1.807, 2.05) is 77.2 Å². The van der Waals surface area contributed by atoms with Gasteiger partial charge in [0.2, 0.25) is 0 Å². The molecule has 0 spiro atoms. The lowest BCUT2D eigenvalue weighted by Gasteiger charge is -2.01. The minimum absolute atomic E-state index is 0.0556. The maximum Gasteiger partial charge on any atom is 1.05 e. The van der Waals surface area contributed by atoms with Crippen LogP contribution in [0.5, 0.6) is 0 Å². The van der Waals surface area contributed by atoms with E-state index in [-0.39, 0.29) is 7.12 Å². The summed E-state index contributed by atoms with van der Waals surface area (Å²) in [7, 11) is 3.97. The topological polar surface area (TPSA) is 35.4 Å². The van der Waals surface area contributed by atoms with Crippen LogP contribution in [0.3, 0.4) is 0 Å². The first-order chi connectivity index (χ1) is 8.77. The Morgan fingerprint density at radius 3 is 1.89 bits per heavy atom. The second kappa shape index (κ2) is 4.17. The van der Waals surface area contributed by atoms with Crippen LogP contribution in [0.4, 0.5) is 0 Å². The van der Waals surface area contributed by atoms with Crippen LogP contribution in [-0.4, -0.2) is 26.2 Å². The van der Waals surface area contributed by atoms with E-state index in [0.29, 0.717) is 0 Å². The monoisotopic (exact) mass is 242 g/mol. The van der Waals surface area contributed by atoms with Gasteiger partial charge in [-0.05, 0) is 6.07 Å². The van der Waals surface area contributed by atoms with Gasteiger partial charge in [-0.3, -0.25) is 0 Å². The van der Waals surface area contributed by atoms with Crippen LogP contribution >= 0.6 is 0 Å². The molecule has 0 aliphatic heterocycles.